The van der Waals surface area contributed by atoms with Crippen LogP contribution in [-0.4, -0.2) is 66.9 Å². The van der Waals surface area contributed by atoms with Crippen LogP contribution in [0.5, 0.6) is 0 Å². The zero-order chi connectivity index (χ0) is 31.6. The molecule has 2 aromatic heterocycles. The normalized spacial score (nSPS) is 20.1. The maximum atomic E-state index is 13.4. The van der Waals surface area contributed by atoms with Crippen LogP contribution in [0.15, 0.2) is 31.0 Å². The first-order valence-electron chi connectivity index (χ1n) is 15.2. The molecule has 0 spiro atoms. The fourth-order valence-electron chi connectivity index (χ4n) is 6.34. The lowest BCUT2D eigenvalue weighted by Crippen LogP contribution is -2.51. The van der Waals surface area contributed by atoms with Gasteiger partial charge >= 0.3 is 6.09 Å². The smallest absolute Gasteiger partial charge is 0.415 e. The number of ketones is 1. The van der Waals surface area contributed by atoms with Crippen LogP contribution < -0.4 is 5.32 Å². The summed E-state index contributed by atoms with van der Waals surface area (Å²) in [7, 11) is -4.11. The molecule has 2 N–H and O–H groups in total. The molecule has 11 heteroatoms. The van der Waals surface area contributed by atoms with Crippen LogP contribution in [0.1, 0.15) is 91.1 Å². The molecule has 1 fully saturated rings. The number of rotatable bonds is 12. The van der Waals surface area contributed by atoms with Crippen molar-refractivity contribution in [3.05, 3.63) is 42.1 Å². The molecule has 0 unspecified atom stereocenters. The van der Waals surface area contributed by atoms with E-state index in [1.165, 1.54) is 31.0 Å². The Morgan fingerprint density at radius 2 is 1.71 bits per heavy atom. The molecule has 3 rings (SSSR count). The quantitative estimate of drug-likeness (QED) is 0.183. The Labute approximate surface area is 254 Å². The van der Waals surface area contributed by atoms with Gasteiger partial charge in [-0.1, -0.05) is 62.3 Å². The van der Waals surface area contributed by atoms with Crippen molar-refractivity contribution in [2.24, 2.45) is 5.92 Å². The van der Waals surface area contributed by atoms with Gasteiger partial charge in [0, 0.05) is 42.7 Å². The number of carbonyl (C=O) groups is 2. The molecule has 3 atom stereocenters. The molecule has 0 bridgehead atoms. The van der Waals surface area contributed by atoms with E-state index in [9.17, 15) is 14.7 Å². The zero-order valence-corrected chi connectivity index (χ0v) is 29.4. The van der Waals surface area contributed by atoms with Gasteiger partial charge < -0.3 is 19.3 Å². The van der Waals surface area contributed by atoms with Crippen LogP contribution in [-0.2, 0) is 8.85 Å². The molecule has 42 heavy (non-hydrogen) atoms. The Balaban J connectivity index is 1.90. The largest absolute Gasteiger partial charge is 0.464 e. The summed E-state index contributed by atoms with van der Waals surface area (Å²) in [6.07, 6.45) is 6.10. The molecule has 234 valence electrons. The van der Waals surface area contributed by atoms with Crippen LogP contribution >= 0.6 is 0 Å². The number of carboxylic acid groups (broad SMARTS) is 1. The number of anilines is 1. The van der Waals surface area contributed by atoms with Crippen LogP contribution in [0.2, 0.25) is 34.8 Å². The lowest BCUT2D eigenvalue weighted by molar-refractivity contribution is 0.0971. The van der Waals surface area contributed by atoms with E-state index < -0.39 is 22.7 Å². The van der Waals surface area contributed by atoms with Crippen molar-refractivity contribution < 1.29 is 23.5 Å². The number of nitrogens with one attached hydrogen (secondary N) is 1. The first-order valence-corrected chi connectivity index (χ1v) is 20.3. The highest BCUT2D eigenvalue weighted by molar-refractivity contribution is 6.77. The van der Waals surface area contributed by atoms with E-state index in [0.29, 0.717) is 34.6 Å². The zero-order valence-electron chi connectivity index (χ0n) is 27.4. The van der Waals surface area contributed by atoms with E-state index in [2.05, 4.69) is 90.7 Å². The average molecular weight is 617 g/mol. The van der Waals surface area contributed by atoms with E-state index in [-0.39, 0.29) is 34.4 Å². The summed E-state index contributed by atoms with van der Waals surface area (Å²) in [6.45, 7) is 25.9. The Morgan fingerprint density at radius 3 is 2.24 bits per heavy atom. The topological polar surface area (TPSA) is 116 Å². The van der Waals surface area contributed by atoms with Gasteiger partial charge in [-0.2, -0.15) is 0 Å². The summed E-state index contributed by atoms with van der Waals surface area (Å²) in [5, 5.41) is 12.9. The molecule has 2 heterocycles. The van der Waals surface area contributed by atoms with Gasteiger partial charge in [-0.3, -0.25) is 9.36 Å². The highest BCUT2D eigenvalue weighted by Crippen LogP contribution is 2.46. The second-order valence-corrected chi connectivity index (χ2v) is 24.5. The van der Waals surface area contributed by atoms with Gasteiger partial charge in [0.15, 0.2) is 14.1 Å². The summed E-state index contributed by atoms with van der Waals surface area (Å²) in [6, 6.07) is 1.53. The van der Waals surface area contributed by atoms with Gasteiger partial charge in [-0.05, 0) is 53.7 Å². The molecule has 0 radical (unpaired) electrons. The summed E-state index contributed by atoms with van der Waals surface area (Å²) in [5.41, 5.74) is 1.99. The van der Waals surface area contributed by atoms with Gasteiger partial charge in [-0.25, -0.2) is 14.8 Å². The number of aromatic nitrogens is 3. The molecule has 1 aliphatic carbocycles. The Kier molecular flexibility index (Phi) is 10.7. The molecule has 9 nitrogen and oxygen atoms in total. The fraction of sp³-hybridized carbons (Fsp3) is 0.677. The van der Waals surface area contributed by atoms with E-state index in [1.807, 2.05) is 0 Å². The second kappa shape index (κ2) is 13.1. The summed E-state index contributed by atoms with van der Waals surface area (Å²) < 4.78 is 15.1. The molecule has 2 aromatic rings. The molecule has 0 aromatic carbocycles. The highest BCUT2D eigenvalue weighted by atomic mass is 28.4. The van der Waals surface area contributed by atoms with Crippen LogP contribution in [0, 0.1) is 5.92 Å². The average Bonchev–Trinajstić information content (AvgIpc) is 3.52. The lowest BCUT2D eigenvalue weighted by Gasteiger charge is -2.45. The van der Waals surface area contributed by atoms with Crippen LogP contribution in [0.3, 0.4) is 0 Å². The molecular formula is C31H52N4O5Si2. The molecule has 1 saturated carbocycles. The van der Waals surface area contributed by atoms with Crippen LogP contribution in [0.4, 0.5) is 10.6 Å². The van der Waals surface area contributed by atoms with Crippen molar-refractivity contribution in [3.63, 3.8) is 0 Å². The Bertz CT molecular complexity index is 1220. The predicted molar refractivity (Wildman–Crippen MR) is 173 cm³/mol. The van der Waals surface area contributed by atoms with Crippen molar-refractivity contribution in [1.82, 2.24) is 14.5 Å². The fourth-order valence-corrected chi connectivity index (χ4v) is 13.0. The van der Waals surface area contributed by atoms with Gasteiger partial charge in [0.25, 0.3) is 0 Å². The van der Waals surface area contributed by atoms with E-state index in [0.717, 1.165) is 17.4 Å². The van der Waals surface area contributed by atoms with Crippen LogP contribution in [0.25, 0.3) is 0 Å². The minimum atomic E-state index is -2.15. The van der Waals surface area contributed by atoms with Crippen molar-refractivity contribution in [2.75, 3.05) is 11.9 Å². The van der Waals surface area contributed by atoms with Gasteiger partial charge in [-0.15, -0.1) is 0 Å². The summed E-state index contributed by atoms with van der Waals surface area (Å²) in [5.74, 6) is 0.339. The molecule has 1 aliphatic rings. The third-order valence-electron chi connectivity index (χ3n) is 9.63. The Hall–Kier alpha value is -2.35. The Morgan fingerprint density at radius 1 is 1.10 bits per heavy atom. The summed E-state index contributed by atoms with van der Waals surface area (Å²) in [4.78, 5) is 33.2. The van der Waals surface area contributed by atoms with Crippen molar-refractivity contribution in [1.29, 1.82) is 0 Å². The highest BCUT2D eigenvalue weighted by Gasteiger charge is 2.50. The minimum Gasteiger partial charge on any atom is -0.464 e. The monoisotopic (exact) mass is 616 g/mol. The molecule has 0 saturated heterocycles. The number of carbonyl (C=O) groups excluding carboxylic acids is 1. The van der Waals surface area contributed by atoms with Crippen molar-refractivity contribution >= 4 is 34.3 Å². The van der Waals surface area contributed by atoms with E-state index in [4.69, 9.17) is 8.85 Å². The van der Waals surface area contributed by atoms with Gasteiger partial charge in [0.1, 0.15) is 12.1 Å². The number of hydrogen-bond acceptors (Lipinski definition) is 7. The van der Waals surface area contributed by atoms with Gasteiger partial charge in [0.2, 0.25) is 8.32 Å². The third kappa shape index (κ3) is 7.23. The lowest BCUT2D eigenvalue weighted by atomic mass is 10.1. The number of nitrogens with zero attached hydrogens (tertiary/aromatic N) is 3. The molecular weight excluding hydrogens is 565 g/mol. The van der Waals surface area contributed by atoms with E-state index >= 15 is 0 Å². The maximum absolute atomic E-state index is 13.4. The minimum absolute atomic E-state index is 0.0336. The SMILES string of the molecule is CC(C)[Si](O[C@H]1C[C@H](Nc2ncncc2C(=O)c2ccn(C(=O)O)c2)C[C@@H]1CO[Si](C)(C)C(C)(C)C)(C(C)C)C(C)C. The molecule has 0 amide bonds. The van der Waals surface area contributed by atoms with E-state index in [1.54, 1.807) is 0 Å². The second-order valence-electron chi connectivity index (χ2n) is 14.3. The predicted octanol–water partition coefficient (Wildman–Crippen LogP) is 7.81. The standard InChI is InChI=1S/C31H52N4O5Si2/c1-20(2)42(21(3)4,22(5)6)40-27-15-25(14-24(27)18-39-41(10,11)31(7,8)9)34-29-26(16-32-19-33-29)28(36)23-12-13-35(17-23)30(37)38/h12-13,16-17,19-22,24-25,27H,14-15,18H2,1-11H3,(H,37,38)(H,32,33,34)/t24-,25-,27+/m1/s1. The first kappa shape index (κ1) is 34.1. The number of hydrogen-bond donors (Lipinski definition) is 2. The molecule has 0 aliphatic heterocycles. The maximum Gasteiger partial charge on any atom is 0.415 e. The van der Waals surface area contributed by atoms with Crippen molar-refractivity contribution in [3.8, 4) is 0 Å². The third-order valence-corrected chi connectivity index (χ3v) is 20.3. The first-order chi connectivity index (χ1) is 19.4. The summed E-state index contributed by atoms with van der Waals surface area (Å²) >= 11 is 0. The van der Waals surface area contributed by atoms with Crippen molar-refractivity contribution in [2.45, 2.75) is 122 Å². The van der Waals surface area contributed by atoms with Gasteiger partial charge in [0.05, 0.1) is 11.7 Å².